The van der Waals surface area contributed by atoms with Crippen LogP contribution in [-0.4, -0.2) is 9.85 Å². The molecule has 0 spiro atoms. The van der Waals surface area contributed by atoms with Gasteiger partial charge in [0.25, 0.3) is 0 Å². The minimum absolute atomic E-state index is 0.0353. The minimum Gasteiger partial charge on any atom is -0.345 e. The lowest BCUT2D eigenvalue weighted by Crippen LogP contribution is -2.02. The first kappa shape index (κ1) is 15.1. The molecule has 1 aromatic rings. The lowest BCUT2D eigenvalue weighted by molar-refractivity contribution is -0.422. The Kier molecular flexibility index (Phi) is 4.51. The maximum atomic E-state index is 10.8. The zero-order valence-electron chi connectivity index (χ0n) is 10.1. The number of benzene rings is 1. The Morgan fingerprint density at radius 1 is 1.00 bits per heavy atom. The molecule has 102 valence electrons. The predicted octanol–water partition coefficient (Wildman–Crippen LogP) is 1.74. The summed E-state index contributed by atoms with van der Waals surface area (Å²) in [5, 5.41) is 49.9. The van der Waals surface area contributed by atoms with E-state index in [9.17, 15) is 20.2 Å². The molecule has 0 amide bonds. The molecule has 0 saturated carbocycles. The molecule has 10 heteroatoms. The highest BCUT2D eigenvalue weighted by atomic mass is 16.6. The fourth-order valence-electron chi connectivity index (χ4n) is 1.33. The van der Waals surface area contributed by atoms with Gasteiger partial charge >= 0.3 is 11.4 Å². The number of hydrogen-bond donors (Lipinski definition) is 1. The number of nitrogens with one attached hydrogen (secondary N) is 1. The van der Waals surface area contributed by atoms with Crippen LogP contribution in [0.15, 0.2) is 29.5 Å². The van der Waals surface area contributed by atoms with Crippen molar-refractivity contribution in [3.05, 3.63) is 49.7 Å². The summed E-state index contributed by atoms with van der Waals surface area (Å²) >= 11 is 0. The van der Waals surface area contributed by atoms with Crippen molar-refractivity contribution in [2.45, 2.75) is 0 Å². The summed E-state index contributed by atoms with van der Waals surface area (Å²) in [5.74, 6) is 0. The lowest BCUT2D eigenvalue weighted by Gasteiger charge is -2.04. The predicted molar refractivity (Wildman–Crippen MR) is 67.2 cm³/mol. The van der Waals surface area contributed by atoms with E-state index in [1.165, 1.54) is 12.1 Å². The largest absolute Gasteiger partial charge is 0.348 e. The summed E-state index contributed by atoms with van der Waals surface area (Å²) in [5.41, 5.74) is -2.46. The van der Waals surface area contributed by atoms with Crippen LogP contribution in [0.4, 0.5) is 17.1 Å². The summed E-state index contributed by atoms with van der Waals surface area (Å²) in [6.45, 7) is 0. The zero-order chi connectivity index (χ0) is 16.0. The summed E-state index contributed by atoms with van der Waals surface area (Å²) in [4.78, 5) is 19.6. The van der Waals surface area contributed by atoms with Crippen LogP contribution < -0.4 is 5.32 Å². The van der Waals surface area contributed by atoms with E-state index in [-0.39, 0.29) is 5.69 Å². The average Bonchev–Trinajstić information content (AvgIpc) is 2.46. The zero-order valence-corrected chi connectivity index (χ0v) is 10.1. The topological polar surface area (TPSA) is 170 Å². The van der Waals surface area contributed by atoms with Crippen molar-refractivity contribution in [2.75, 3.05) is 5.32 Å². The molecular formula is C11H4N6O4. The Hall–Kier alpha value is -3.97. The lowest BCUT2D eigenvalue weighted by atomic mass is 10.2. The number of hydrogen-bond acceptors (Lipinski definition) is 8. The van der Waals surface area contributed by atoms with Gasteiger partial charge in [-0.05, 0) is 6.07 Å². The van der Waals surface area contributed by atoms with Crippen LogP contribution in [0.25, 0.3) is 0 Å². The van der Waals surface area contributed by atoms with E-state index in [1.54, 1.807) is 6.07 Å². The molecule has 0 atom stereocenters. The Balaban J connectivity index is 3.34. The highest BCUT2D eigenvalue weighted by molar-refractivity contribution is 5.66. The summed E-state index contributed by atoms with van der Waals surface area (Å²) < 4.78 is 0. The first-order chi connectivity index (χ1) is 9.94. The number of nitro benzene ring substituents is 2. The van der Waals surface area contributed by atoms with E-state index in [0.29, 0.717) is 0 Å². The highest BCUT2D eigenvalue weighted by Crippen LogP contribution is 2.30. The second-order valence-electron chi connectivity index (χ2n) is 3.43. The number of nitrogens with zero attached hydrogens (tertiary/aromatic N) is 5. The maximum absolute atomic E-state index is 10.8. The molecular weight excluding hydrogens is 280 g/mol. The minimum atomic E-state index is -0.950. The SMILES string of the molecule is N#CC(C#N)=C(C#N)Nc1ccc([N+](=O)[O-])c([N+](=O)[O-])c1. The van der Waals surface area contributed by atoms with Gasteiger partial charge in [-0.25, -0.2) is 0 Å². The van der Waals surface area contributed by atoms with Crippen molar-refractivity contribution in [2.24, 2.45) is 0 Å². The van der Waals surface area contributed by atoms with Crippen molar-refractivity contribution in [3.63, 3.8) is 0 Å². The van der Waals surface area contributed by atoms with E-state index in [2.05, 4.69) is 5.32 Å². The Bertz CT molecular complexity index is 761. The van der Waals surface area contributed by atoms with Gasteiger partial charge in [0.15, 0.2) is 5.57 Å². The number of rotatable bonds is 4. The van der Waals surface area contributed by atoms with Gasteiger partial charge in [-0.15, -0.1) is 0 Å². The van der Waals surface area contributed by atoms with Gasteiger partial charge < -0.3 is 5.32 Å². The summed E-state index contributed by atoms with van der Waals surface area (Å²) in [7, 11) is 0. The number of nitriles is 3. The van der Waals surface area contributed by atoms with Crippen LogP contribution in [0.3, 0.4) is 0 Å². The monoisotopic (exact) mass is 284 g/mol. The molecule has 10 nitrogen and oxygen atoms in total. The molecule has 0 aromatic heterocycles. The van der Waals surface area contributed by atoms with E-state index in [0.717, 1.165) is 18.2 Å². The second-order valence-corrected chi connectivity index (χ2v) is 3.43. The first-order valence-corrected chi connectivity index (χ1v) is 5.09. The molecule has 0 aliphatic rings. The molecule has 1 aromatic carbocycles. The van der Waals surface area contributed by atoms with E-state index >= 15 is 0 Å². The van der Waals surface area contributed by atoms with Gasteiger partial charge in [-0.1, -0.05) is 0 Å². The van der Waals surface area contributed by atoms with Crippen LogP contribution in [0.5, 0.6) is 0 Å². The third-order valence-corrected chi connectivity index (χ3v) is 2.22. The van der Waals surface area contributed by atoms with Gasteiger partial charge in [-0.2, -0.15) is 15.8 Å². The van der Waals surface area contributed by atoms with E-state index < -0.39 is 32.5 Å². The average molecular weight is 284 g/mol. The van der Waals surface area contributed by atoms with Crippen LogP contribution in [0.1, 0.15) is 0 Å². The molecule has 1 N–H and O–H groups in total. The molecule has 0 unspecified atom stereocenters. The van der Waals surface area contributed by atoms with Crippen LogP contribution in [0, 0.1) is 54.2 Å². The van der Waals surface area contributed by atoms with Crippen molar-refractivity contribution < 1.29 is 9.85 Å². The van der Waals surface area contributed by atoms with Gasteiger partial charge in [0.2, 0.25) is 0 Å². The highest BCUT2D eigenvalue weighted by Gasteiger charge is 2.24. The number of anilines is 1. The molecule has 0 heterocycles. The molecule has 0 bridgehead atoms. The van der Waals surface area contributed by atoms with Gasteiger partial charge in [-0.3, -0.25) is 20.2 Å². The van der Waals surface area contributed by atoms with Crippen LogP contribution in [-0.2, 0) is 0 Å². The molecule has 1 rings (SSSR count). The van der Waals surface area contributed by atoms with Crippen molar-refractivity contribution in [1.82, 2.24) is 0 Å². The molecule has 0 radical (unpaired) electrons. The fourth-order valence-corrected chi connectivity index (χ4v) is 1.33. The van der Waals surface area contributed by atoms with Crippen LogP contribution >= 0.6 is 0 Å². The molecule has 0 fully saturated rings. The van der Waals surface area contributed by atoms with Gasteiger partial charge in [0.1, 0.15) is 23.9 Å². The molecule has 0 aliphatic heterocycles. The third-order valence-electron chi connectivity index (χ3n) is 2.22. The number of allylic oxidation sites excluding steroid dienone is 2. The first-order valence-electron chi connectivity index (χ1n) is 5.09. The summed E-state index contributed by atoms with van der Waals surface area (Å²) in [6, 6.07) is 7.36. The number of nitro groups is 2. The van der Waals surface area contributed by atoms with E-state index in [4.69, 9.17) is 15.8 Å². The smallest absolute Gasteiger partial charge is 0.345 e. The normalized spacial score (nSPS) is 8.62. The van der Waals surface area contributed by atoms with E-state index in [1.807, 2.05) is 0 Å². The van der Waals surface area contributed by atoms with Gasteiger partial charge in [0, 0.05) is 17.8 Å². The Morgan fingerprint density at radius 3 is 2.00 bits per heavy atom. The Morgan fingerprint density at radius 2 is 1.57 bits per heavy atom. The molecule has 21 heavy (non-hydrogen) atoms. The second kappa shape index (κ2) is 6.27. The maximum Gasteiger partial charge on any atom is 0.348 e. The quantitative estimate of drug-likeness (QED) is 0.494. The Labute approximate surface area is 117 Å². The fraction of sp³-hybridized carbons (Fsp3) is 0. The van der Waals surface area contributed by atoms with Gasteiger partial charge in [0.05, 0.1) is 9.85 Å². The standard InChI is InChI=1S/C11H4N6O4/c12-4-7(5-13)9(6-14)15-8-1-2-10(16(18)19)11(3-8)17(20)21/h1-3,15H. The molecule has 0 aliphatic carbocycles. The summed E-state index contributed by atoms with van der Waals surface area (Å²) in [6.07, 6.45) is 0. The van der Waals surface area contributed by atoms with Crippen molar-refractivity contribution >= 4 is 17.1 Å². The van der Waals surface area contributed by atoms with Crippen molar-refractivity contribution in [1.29, 1.82) is 15.8 Å². The van der Waals surface area contributed by atoms with Crippen molar-refractivity contribution in [3.8, 4) is 18.2 Å². The third kappa shape index (κ3) is 3.28. The van der Waals surface area contributed by atoms with Crippen LogP contribution in [0.2, 0.25) is 0 Å². The molecule has 0 saturated heterocycles.